The van der Waals surface area contributed by atoms with Crippen LogP contribution in [0.1, 0.15) is 13.8 Å². The van der Waals surface area contributed by atoms with Crippen molar-refractivity contribution in [2.45, 2.75) is 31.1 Å². The number of anilines is 2. The molecule has 36 heavy (non-hydrogen) atoms. The van der Waals surface area contributed by atoms with E-state index in [1.807, 2.05) is 0 Å². The maximum absolute atomic E-state index is 13.4. The number of urea groups is 1. The molecule has 1 atom stereocenters. The molecule has 2 heterocycles. The maximum Gasteiger partial charge on any atom is 0.573 e. The minimum atomic E-state index is -4.87. The molecule has 0 saturated carbocycles. The number of rotatable bonds is 4. The third kappa shape index (κ3) is 5.20. The number of ether oxygens (including phenoxy) is 1. The number of primary amides is 1. The molecule has 4 amide bonds. The van der Waals surface area contributed by atoms with Gasteiger partial charge in [-0.2, -0.15) is 0 Å². The van der Waals surface area contributed by atoms with Gasteiger partial charge in [-0.1, -0.05) is 24.3 Å². The Morgan fingerprint density at radius 2 is 1.83 bits per heavy atom. The van der Waals surface area contributed by atoms with E-state index < -0.39 is 41.0 Å². The summed E-state index contributed by atoms with van der Waals surface area (Å²) in [6, 6.07) is 9.50. The van der Waals surface area contributed by atoms with Gasteiger partial charge in [0.15, 0.2) is 0 Å². The Morgan fingerprint density at radius 1 is 1.11 bits per heavy atom. The standard InChI is InChI=1S/C23H22F3N5O4S/c1-22(2)31(21(34)29-16-11-30(20(27)33)17-9-4-3-8-15(16)17)18(12-36-22)19(32)28-13-6-5-7-14(10-13)35-23(24,25)26/h3-11,18H,12H2,1-2H3,(H2,27,33)(H,28,32)(H,29,34)/t18-/m0/s1. The molecular weight excluding hydrogens is 499 g/mol. The van der Waals surface area contributed by atoms with Gasteiger partial charge in [0.1, 0.15) is 11.8 Å². The Morgan fingerprint density at radius 3 is 2.53 bits per heavy atom. The van der Waals surface area contributed by atoms with E-state index in [1.165, 1.54) is 39.6 Å². The summed E-state index contributed by atoms with van der Waals surface area (Å²) < 4.78 is 42.7. The molecule has 1 aliphatic heterocycles. The second kappa shape index (κ2) is 9.30. The molecule has 0 unspecified atom stereocenters. The van der Waals surface area contributed by atoms with Crippen molar-refractivity contribution in [2.24, 2.45) is 5.73 Å². The molecule has 0 aliphatic carbocycles. The van der Waals surface area contributed by atoms with Gasteiger partial charge in [0.05, 0.1) is 16.1 Å². The summed E-state index contributed by atoms with van der Waals surface area (Å²) in [5, 5.41) is 5.90. The first-order chi connectivity index (χ1) is 16.9. The lowest BCUT2D eigenvalue weighted by atomic mass is 10.2. The largest absolute Gasteiger partial charge is 0.573 e. The van der Waals surface area contributed by atoms with Crippen molar-refractivity contribution in [3.05, 3.63) is 54.7 Å². The number of amides is 4. The number of nitrogens with two attached hydrogens (primary N) is 1. The Labute approximate surface area is 207 Å². The molecule has 190 valence electrons. The van der Waals surface area contributed by atoms with Crippen molar-refractivity contribution in [2.75, 3.05) is 16.4 Å². The number of benzene rings is 2. The molecule has 0 bridgehead atoms. The van der Waals surface area contributed by atoms with Gasteiger partial charge < -0.3 is 21.1 Å². The number of hydrogen-bond acceptors (Lipinski definition) is 5. The number of alkyl halides is 3. The van der Waals surface area contributed by atoms with Gasteiger partial charge in [0, 0.05) is 29.1 Å². The number of halogens is 3. The van der Waals surface area contributed by atoms with Crippen LogP contribution in [0, 0.1) is 0 Å². The van der Waals surface area contributed by atoms with Crippen molar-refractivity contribution in [1.29, 1.82) is 0 Å². The van der Waals surface area contributed by atoms with E-state index in [2.05, 4.69) is 15.4 Å². The van der Waals surface area contributed by atoms with Gasteiger partial charge in [-0.15, -0.1) is 24.9 Å². The van der Waals surface area contributed by atoms with Gasteiger partial charge in [0.25, 0.3) is 0 Å². The van der Waals surface area contributed by atoms with Crippen LogP contribution in [-0.2, 0) is 4.79 Å². The molecule has 1 aromatic heterocycles. The normalized spacial score (nSPS) is 17.1. The highest BCUT2D eigenvalue weighted by molar-refractivity contribution is 8.00. The van der Waals surface area contributed by atoms with Crippen LogP contribution in [0.4, 0.5) is 34.1 Å². The van der Waals surface area contributed by atoms with Crippen LogP contribution in [0.15, 0.2) is 54.7 Å². The van der Waals surface area contributed by atoms with Crippen LogP contribution in [0.5, 0.6) is 5.75 Å². The number of para-hydroxylation sites is 1. The van der Waals surface area contributed by atoms with Crippen molar-refractivity contribution in [3.8, 4) is 5.75 Å². The van der Waals surface area contributed by atoms with Gasteiger partial charge in [-0.3, -0.25) is 14.3 Å². The predicted octanol–water partition coefficient (Wildman–Crippen LogP) is 4.79. The van der Waals surface area contributed by atoms with E-state index in [0.29, 0.717) is 16.6 Å². The number of carbonyl (C=O) groups excluding carboxylic acids is 3. The number of aromatic nitrogens is 1. The smallest absolute Gasteiger partial charge is 0.406 e. The Kier molecular flexibility index (Phi) is 6.52. The van der Waals surface area contributed by atoms with Crippen LogP contribution in [0.25, 0.3) is 10.9 Å². The quantitative estimate of drug-likeness (QED) is 0.456. The second-order valence-electron chi connectivity index (χ2n) is 8.41. The fraction of sp³-hybridized carbons (Fsp3) is 0.261. The third-order valence-corrected chi connectivity index (χ3v) is 6.92. The van der Waals surface area contributed by atoms with Crippen LogP contribution in [-0.4, -0.2) is 50.5 Å². The number of carbonyl (C=O) groups is 3. The van der Waals surface area contributed by atoms with Crippen LogP contribution >= 0.6 is 11.8 Å². The van der Waals surface area contributed by atoms with E-state index in [-0.39, 0.29) is 11.4 Å². The van der Waals surface area contributed by atoms with Crippen LogP contribution in [0.3, 0.4) is 0 Å². The minimum absolute atomic E-state index is 0.0846. The molecule has 1 fully saturated rings. The Balaban J connectivity index is 1.56. The molecule has 0 radical (unpaired) electrons. The zero-order valence-corrected chi connectivity index (χ0v) is 19.9. The number of fused-ring (bicyclic) bond motifs is 1. The average molecular weight is 522 g/mol. The third-order valence-electron chi connectivity index (χ3n) is 5.53. The summed E-state index contributed by atoms with van der Waals surface area (Å²) in [5.74, 6) is -0.803. The molecule has 3 aromatic rings. The molecular formula is C23H22F3N5O4S. The zero-order valence-electron chi connectivity index (χ0n) is 19.1. The molecule has 4 rings (SSSR count). The fourth-order valence-corrected chi connectivity index (χ4v) is 5.23. The lowest BCUT2D eigenvalue weighted by Crippen LogP contribution is -2.52. The van der Waals surface area contributed by atoms with Gasteiger partial charge >= 0.3 is 18.4 Å². The predicted molar refractivity (Wildman–Crippen MR) is 130 cm³/mol. The summed E-state index contributed by atoms with van der Waals surface area (Å²) in [4.78, 5) is 38.9. The van der Waals surface area contributed by atoms with Crippen molar-refractivity contribution in [1.82, 2.24) is 9.47 Å². The summed E-state index contributed by atoms with van der Waals surface area (Å²) in [5.41, 5.74) is 6.36. The van der Waals surface area contributed by atoms with Crippen LogP contribution in [0.2, 0.25) is 0 Å². The van der Waals surface area contributed by atoms with E-state index in [0.717, 1.165) is 12.1 Å². The molecule has 4 N–H and O–H groups in total. The van der Waals surface area contributed by atoms with Crippen LogP contribution < -0.4 is 21.1 Å². The Hall–Kier alpha value is -3.87. The molecule has 1 saturated heterocycles. The minimum Gasteiger partial charge on any atom is -0.406 e. The van der Waals surface area contributed by atoms with Gasteiger partial charge in [-0.05, 0) is 32.0 Å². The molecule has 13 heteroatoms. The van der Waals surface area contributed by atoms with E-state index in [4.69, 9.17) is 5.73 Å². The second-order valence-corrected chi connectivity index (χ2v) is 10.0. The summed E-state index contributed by atoms with van der Waals surface area (Å²) >= 11 is 1.37. The number of nitrogens with zero attached hydrogens (tertiary/aromatic N) is 2. The first kappa shape index (κ1) is 25.2. The zero-order chi connectivity index (χ0) is 26.3. The highest BCUT2D eigenvalue weighted by atomic mass is 32.2. The summed E-state index contributed by atoms with van der Waals surface area (Å²) in [6.07, 6.45) is -3.47. The molecule has 0 spiro atoms. The highest BCUT2D eigenvalue weighted by Crippen LogP contribution is 2.40. The van der Waals surface area contributed by atoms with Crippen molar-refractivity contribution in [3.63, 3.8) is 0 Å². The van der Waals surface area contributed by atoms with Crippen molar-refractivity contribution >= 4 is 52.0 Å². The number of nitrogens with one attached hydrogen (secondary N) is 2. The maximum atomic E-state index is 13.4. The summed E-state index contributed by atoms with van der Waals surface area (Å²) in [7, 11) is 0. The average Bonchev–Trinajstić information content (AvgIpc) is 3.30. The molecule has 2 aromatic carbocycles. The number of thioether (sulfide) groups is 1. The SMILES string of the molecule is CC1(C)SC[C@@H](C(=O)Nc2cccc(OC(F)(F)F)c2)N1C(=O)Nc1cn(C(N)=O)c2ccccc12. The molecule has 1 aliphatic rings. The fourth-order valence-electron chi connectivity index (χ4n) is 4.01. The lowest BCUT2D eigenvalue weighted by molar-refractivity contribution is -0.274. The van der Waals surface area contributed by atoms with E-state index >= 15 is 0 Å². The first-order valence-electron chi connectivity index (χ1n) is 10.7. The topological polar surface area (TPSA) is 119 Å². The van der Waals surface area contributed by atoms with E-state index in [1.54, 1.807) is 38.1 Å². The van der Waals surface area contributed by atoms with E-state index in [9.17, 15) is 27.6 Å². The molecule has 9 nitrogen and oxygen atoms in total. The van der Waals surface area contributed by atoms with Gasteiger partial charge in [0.2, 0.25) is 5.91 Å². The number of hydrogen-bond donors (Lipinski definition) is 3. The van der Waals surface area contributed by atoms with Crippen molar-refractivity contribution < 1.29 is 32.3 Å². The Bertz CT molecular complexity index is 1340. The first-order valence-corrected chi connectivity index (χ1v) is 11.6. The highest BCUT2D eigenvalue weighted by Gasteiger charge is 2.47. The summed E-state index contributed by atoms with van der Waals surface area (Å²) in [6.45, 7) is 3.55. The lowest BCUT2D eigenvalue weighted by Gasteiger charge is -2.34. The van der Waals surface area contributed by atoms with Gasteiger partial charge in [-0.25, -0.2) is 9.59 Å². The monoisotopic (exact) mass is 521 g/mol.